The molecule has 1 atom stereocenters. The number of halogens is 1. The minimum absolute atomic E-state index is 0.0356. The van der Waals surface area contributed by atoms with Crippen molar-refractivity contribution in [3.8, 4) is 0 Å². The molecule has 0 aliphatic rings. The lowest BCUT2D eigenvalue weighted by Gasteiger charge is -2.32. The zero-order chi connectivity index (χ0) is 21.2. The molecule has 156 valence electrons. The molecule has 4 nitrogen and oxygen atoms in total. The number of nitrogens with zero attached hydrogens (tertiary/aromatic N) is 1. The molecule has 0 spiro atoms. The zero-order valence-corrected chi connectivity index (χ0v) is 18.3. The maximum absolute atomic E-state index is 13.1. The van der Waals surface area contributed by atoms with Crippen LogP contribution in [0.25, 0.3) is 0 Å². The van der Waals surface area contributed by atoms with Crippen molar-refractivity contribution in [1.29, 1.82) is 0 Å². The van der Waals surface area contributed by atoms with Crippen LogP contribution in [0.4, 0.5) is 0 Å². The van der Waals surface area contributed by atoms with Crippen molar-refractivity contribution < 1.29 is 9.59 Å². The van der Waals surface area contributed by atoms with E-state index in [1.807, 2.05) is 68.4 Å². The summed E-state index contributed by atoms with van der Waals surface area (Å²) in [4.78, 5) is 27.9. The Kier molecular flexibility index (Phi) is 9.20. The second kappa shape index (κ2) is 11.6. The first-order valence-corrected chi connectivity index (χ1v) is 10.7. The van der Waals surface area contributed by atoms with Gasteiger partial charge in [-0.25, -0.2) is 0 Å². The minimum Gasteiger partial charge on any atom is -0.354 e. The smallest absolute Gasteiger partial charge is 0.243 e. The van der Waals surface area contributed by atoms with Crippen LogP contribution in [0.5, 0.6) is 0 Å². The summed E-state index contributed by atoms with van der Waals surface area (Å²) in [5, 5.41) is 3.67. The van der Waals surface area contributed by atoms with Crippen LogP contribution in [-0.2, 0) is 22.6 Å². The Labute approximate surface area is 179 Å². The van der Waals surface area contributed by atoms with E-state index in [1.54, 1.807) is 4.90 Å². The SMILES string of the molecule is CCCCNC(=O)[C@@H](Cc1ccccc1)N(Cc1ccc(Cl)cc1)C(=O)C(C)C. The van der Waals surface area contributed by atoms with E-state index in [9.17, 15) is 9.59 Å². The summed E-state index contributed by atoms with van der Waals surface area (Å²) in [6.45, 7) is 6.80. The average molecular weight is 415 g/mol. The zero-order valence-electron chi connectivity index (χ0n) is 17.5. The van der Waals surface area contributed by atoms with Crippen LogP contribution in [0, 0.1) is 5.92 Å². The van der Waals surface area contributed by atoms with Gasteiger partial charge in [-0.3, -0.25) is 9.59 Å². The molecule has 2 rings (SSSR count). The number of carbonyl (C=O) groups is 2. The van der Waals surface area contributed by atoms with E-state index in [2.05, 4.69) is 12.2 Å². The number of benzene rings is 2. The molecule has 2 aromatic carbocycles. The Morgan fingerprint density at radius 1 is 1.00 bits per heavy atom. The van der Waals surface area contributed by atoms with Crippen molar-refractivity contribution in [3.05, 3.63) is 70.7 Å². The summed E-state index contributed by atoms with van der Waals surface area (Å²) >= 11 is 6.01. The number of carbonyl (C=O) groups excluding carboxylic acids is 2. The van der Waals surface area contributed by atoms with Crippen LogP contribution in [0.3, 0.4) is 0 Å². The van der Waals surface area contributed by atoms with Crippen LogP contribution < -0.4 is 5.32 Å². The van der Waals surface area contributed by atoms with Crippen molar-refractivity contribution in [2.45, 2.75) is 52.6 Å². The highest BCUT2D eigenvalue weighted by molar-refractivity contribution is 6.30. The fourth-order valence-electron chi connectivity index (χ4n) is 3.15. The highest BCUT2D eigenvalue weighted by atomic mass is 35.5. The first-order valence-electron chi connectivity index (χ1n) is 10.3. The molecule has 0 radical (unpaired) electrons. The molecular formula is C24H31ClN2O2. The first-order chi connectivity index (χ1) is 13.9. The van der Waals surface area contributed by atoms with Gasteiger partial charge >= 0.3 is 0 Å². The maximum Gasteiger partial charge on any atom is 0.243 e. The second-order valence-electron chi connectivity index (χ2n) is 7.60. The molecule has 0 unspecified atom stereocenters. The molecule has 0 fully saturated rings. The molecule has 1 N–H and O–H groups in total. The lowest BCUT2D eigenvalue weighted by Crippen LogP contribution is -2.51. The van der Waals surface area contributed by atoms with Crippen molar-refractivity contribution in [2.75, 3.05) is 6.54 Å². The van der Waals surface area contributed by atoms with Crippen LogP contribution in [-0.4, -0.2) is 29.3 Å². The summed E-state index contributed by atoms with van der Waals surface area (Å²) in [7, 11) is 0. The van der Waals surface area contributed by atoms with Crippen molar-refractivity contribution in [3.63, 3.8) is 0 Å². The van der Waals surface area contributed by atoms with Crippen LogP contribution >= 0.6 is 11.6 Å². The van der Waals surface area contributed by atoms with E-state index in [4.69, 9.17) is 11.6 Å². The van der Waals surface area contributed by atoms with Gasteiger partial charge in [0.05, 0.1) is 0 Å². The Hall–Kier alpha value is -2.33. The maximum atomic E-state index is 13.1. The monoisotopic (exact) mass is 414 g/mol. The molecule has 5 heteroatoms. The molecule has 2 amide bonds. The van der Waals surface area contributed by atoms with Crippen LogP contribution in [0.1, 0.15) is 44.7 Å². The van der Waals surface area contributed by atoms with Gasteiger partial charge in [0.15, 0.2) is 0 Å². The highest BCUT2D eigenvalue weighted by Gasteiger charge is 2.31. The molecule has 0 heterocycles. The standard InChI is InChI=1S/C24H31ClN2O2/c1-4-5-15-26-23(28)22(16-19-9-7-6-8-10-19)27(24(29)18(2)3)17-20-11-13-21(25)14-12-20/h6-14,18,22H,4-5,15-17H2,1-3H3,(H,26,28)/t22-/m1/s1. The lowest BCUT2D eigenvalue weighted by molar-refractivity contribution is -0.143. The number of unbranched alkanes of at least 4 members (excludes halogenated alkanes) is 1. The summed E-state index contributed by atoms with van der Waals surface area (Å²) in [5.74, 6) is -0.346. The molecule has 0 bridgehead atoms. The molecule has 0 saturated carbocycles. The third kappa shape index (κ3) is 7.21. The number of hydrogen-bond acceptors (Lipinski definition) is 2. The third-order valence-electron chi connectivity index (χ3n) is 4.82. The molecule has 0 aliphatic heterocycles. The van der Waals surface area contributed by atoms with Gasteiger partial charge in [-0.2, -0.15) is 0 Å². The van der Waals surface area contributed by atoms with Gasteiger partial charge < -0.3 is 10.2 Å². The van der Waals surface area contributed by atoms with E-state index >= 15 is 0 Å². The van der Waals surface area contributed by atoms with Gasteiger partial charge in [0.2, 0.25) is 11.8 Å². The topological polar surface area (TPSA) is 49.4 Å². The Bertz CT molecular complexity index is 775. The molecule has 29 heavy (non-hydrogen) atoms. The summed E-state index contributed by atoms with van der Waals surface area (Å²) in [6.07, 6.45) is 2.40. The van der Waals surface area contributed by atoms with Gasteiger partial charge in [-0.05, 0) is 29.7 Å². The Morgan fingerprint density at radius 3 is 2.24 bits per heavy atom. The number of rotatable bonds is 10. The highest BCUT2D eigenvalue weighted by Crippen LogP contribution is 2.18. The molecular weight excluding hydrogens is 384 g/mol. The van der Waals surface area contributed by atoms with E-state index in [0.717, 1.165) is 24.0 Å². The van der Waals surface area contributed by atoms with Crippen molar-refractivity contribution in [1.82, 2.24) is 10.2 Å². The van der Waals surface area contributed by atoms with E-state index < -0.39 is 6.04 Å². The van der Waals surface area contributed by atoms with E-state index in [-0.39, 0.29) is 17.7 Å². The second-order valence-corrected chi connectivity index (χ2v) is 8.03. The van der Waals surface area contributed by atoms with Gasteiger partial charge in [0.1, 0.15) is 6.04 Å². The lowest BCUT2D eigenvalue weighted by atomic mass is 10.0. The Morgan fingerprint density at radius 2 is 1.66 bits per heavy atom. The molecule has 2 aromatic rings. The minimum atomic E-state index is -0.570. The van der Waals surface area contributed by atoms with Crippen LogP contribution in [0.2, 0.25) is 5.02 Å². The van der Waals surface area contributed by atoms with Crippen LogP contribution in [0.15, 0.2) is 54.6 Å². The normalized spacial score (nSPS) is 11.9. The Balaban J connectivity index is 2.33. The average Bonchev–Trinajstić information content (AvgIpc) is 2.72. The van der Waals surface area contributed by atoms with Crippen molar-refractivity contribution >= 4 is 23.4 Å². The van der Waals surface area contributed by atoms with Gasteiger partial charge in [0, 0.05) is 30.5 Å². The van der Waals surface area contributed by atoms with E-state index in [1.165, 1.54) is 0 Å². The number of amides is 2. The summed E-state index contributed by atoms with van der Waals surface area (Å²) in [5.41, 5.74) is 1.98. The first kappa shape index (κ1) is 23.0. The summed E-state index contributed by atoms with van der Waals surface area (Å²) < 4.78 is 0. The molecule has 0 aliphatic carbocycles. The largest absolute Gasteiger partial charge is 0.354 e. The fourth-order valence-corrected chi connectivity index (χ4v) is 3.27. The number of hydrogen-bond donors (Lipinski definition) is 1. The summed E-state index contributed by atoms with van der Waals surface area (Å²) in [6, 6.07) is 16.7. The predicted molar refractivity (Wildman–Crippen MR) is 119 cm³/mol. The quantitative estimate of drug-likeness (QED) is 0.565. The van der Waals surface area contributed by atoms with Gasteiger partial charge in [-0.15, -0.1) is 0 Å². The molecule has 0 aromatic heterocycles. The predicted octanol–water partition coefficient (Wildman–Crippen LogP) is 4.85. The third-order valence-corrected chi connectivity index (χ3v) is 5.08. The number of nitrogens with one attached hydrogen (secondary N) is 1. The van der Waals surface area contributed by atoms with Gasteiger partial charge in [-0.1, -0.05) is 81.3 Å². The van der Waals surface area contributed by atoms with Crippen molar-refractivity contribution in [2.24, 2.45) is 5.92 Å². The van der Waals surface area contributed by atoms with Gasteiger partial charge in [0.25, 0.3) is 0 Å². The fraction of sp³-hybridized carbons (Fsp3) is 0.417. The van der Waals surface area contributed by atoms with E-state index in [0.29, 0.717) is 24.5 Å². The molecule has 0 saturated heterocycles.